The SMILES string of the molecule is Ic1nc(CN2CCCC2)cs1. The first-order valence-corrected chi connectivity index (χ1v) is 6.13. The summed E-state index contributed by atoms with van der Waals surface area (Å²) in [5, 5.41) is 2.17. The summed E-state index contributed by atoms with van der Waals surface area (Å²) in [6.45, 7) is 3.57. The quantitative estimate of drug-likeness (QED) is 0.778. The predicted octanol–water partition coefficient (Wildman–Crippen LogP) is 2.34. The van der Waals surface area contributed by atoms with Crippen molar-refractivity contribution < 1.29 is 0 Å². The molecule has 0 bridgehead atoms. The van der Waals surface area contributed by atoms with Crippen molar-refractivity contribution in [3.8, 4) is 0 Å². The van der Waals surface area contributed by atoms with Gasteiger partial charge in [-0.1, -0.05) is 0 Å². The Bertz CT molecular complexity index is 255. The van der Waals surface area contributed by atoms with Crippen molar-refractivity contribution in [2.24, 2.45) is 0 Å². The third-order valence-corrected chi connectivity index (χ3v) is 3.79. The minimum absolute atomic E-state index is 1.06. The number of likely N-dealkylation sites (tertiary alicyclic amines) is 1. The van der Waals surface area contributed by atoms with E-state index in [2.05, 4.69) is 37.9 Å². The van der Waals surface area contributed by atoms with E-state index in [4.69, 9.17) is 0 Å². The van der Waals surface area contributed by atoms with E-state index >= 15 is 0 Å². The van der Waals surface area contributed by atoms with E-state index in [-0.39, 0.29) is 0 Å². The van der Waals surface area contributed by atoms with E-state index in [9.17, 15) is 0 Å². The molecule has 0 saturated carbocycles. The van der Waals surface area contributed by atoms with Crippen molar-refractivity contribution in [2.45, 2.75) is 19.4 Å². The smallest absolute Gasteiger partial charge is 0.154 e. The fourth-order valence-electron chi connectivity index (χ4n) is 1.52. The maximum Gasteiger partial charge on any atom is 0.154 e. The van der Waals surface area contributed by atoms with E-state index < -0.39 is 0 Å². The Morgan fingerprint density at radius 3 is 2.83 bits per heavy atom. The van der Waals surface area contributed by atoms with Gasteiger partial charge in [0, 0.05) is 11.9 Å². The molecule has 4 heteroatoms. The maximum atomic E-state index is 4.44. The van der Waals surface area contributed by atoms with Gasteiger partial charge in [-0.2, -0.15) is 0 Å². The van der Waals surface area contributed by atoms with Gasteiger partial charge in [0.2, 0.25) is 0 Å². The Morgan fingerprint density at radius 1 is 1.50 bits per heavy atom. The lowest BCUT2D eigenvalue weighted by molar-refractivity contribution is 0.328. The van der Waals surface area contributed by atoms with Crippen molar-refractivity contribution >= 4 is 33.9 Å². The summed E-state index contributed by atoms with van der Waals surface area (Å²) < 4.78 is 1.15. The molecule has 2 rings (SSSR count). The van der Waals surface area contributed by atoms with Gasteiger partial charge in [-0.25, -0.2) is 4.98 Å². The van der Waals surface area contributed by atoms with Crippen LogP contribution in [0.5, 0.6) is 0 Å². The van der Waals surface area contributed by atoms with Gasteiger partial charge in [0.15, 0.2) is 3.01 Å². The zero-order chi connectivity index (χ0) is 8.39. The van der Waals surface area contributed by atoms with Gasteiger partial charge < -0.3 is 0 Å². The predicted molar refractivity (Wildman–Crippen MR) is 59.3 cm³/mol. The van der Waals surface area contributed by atoms with Crippen LogP contribution in [-0.2, 0) is 6.54 Å². The Labute approximate surface area is 90.1 Å². The summed E-state index contributed by atoms with van der Waals surface area (Å²) >= 11 is 4.01. The van der Waals surface area contributed by atoms with E-state index in [0.717, 1.165) is 9.56 Å². The molecule has 1 aromatic heterocycles. The van der Waals surface area contributed by atoms with Crippen LogP contribution >= 0.6 is 33.9 Å². The fourth-order valence-corrected chi connectivity index (χ4v) is 2.75. The second kappa shape index (κ2) is 4.02. The van der Waals surface area contributed by atoms with Crippen LogP contribution in [-0.4, -0.2) is 23.0 Å². The van der Waals surface area contributed by atoms with Gasteiger partial charge in [-0.3, -0.25) is 4.90 Å². The molecule has 2 heterocycles. The van der Waals surface area contributed by atoms with Gasteiger partial charge in [0.05, 0.1) is 5.69 Å². The normalized spacial score (nSPS) is 18.8. The highest BCUT2D eigenvalue weighted by Gasteiger charge is 2.12. The average molecular weight is 294 g/mol. The second-order valence-electron chi connectivity index (χ2n) is 3.08. The van der Waals surface area contributed by atoms with E-state index in [1.807, 2.05) is 0 Å². The molecule has 0 radical (unpaired) electrons. The summed E-state index contributed by atoms with van der Waals surface area (Å²) in [4.78, 5) is 6.92. The third kappa shape index (κ3) is 2.17. The van der Waals surface area contributed by atoms with Crippen LogP contribution in [0.3, 0.4) is 0 Å². The standard InChI is InChI=1S/C8H11IN2S/c9-8-10-7(6-12-8)5-11-3-1-2-4-11/h6H,1-5H2. The van der Waals surface area contributed by atoms with Gasteiger partial charge in [-0.05, 0) is 48.5 Å². The van der Waals surface area contributed by atoms with E-state index in [1.165, 1.54) is 31.6 Å². The minimum Gasteiger partial charge on any atom is -0.297 e. The number of aromatic nitrogens is 1. The van der Waals surface area contributed by atoms with Gasteiger partial charge >= 0.3 is 0 Å². The highest BCUT2D eigenvalue weighted by molar-refractivity contribution is 14.1. The summed E-state index contributed by atoms with van der Waals surface area (Å²) in [6, 6.07) is 0. The highest BCUT2D eigenvalue weighted by atomic mass is 127. The largest absolute Gasteiger partial charge is 0.297 e. The molecule has 1 fully saturated rings. The average Bonchev–Trinajstić information content (AvgIpc) is 2.63. The summed E-state index contributed by atoms with van der Waals surface area (Å²) in [5.41, 5.74) is 1.24. The third-order valence-electron chi connectivity index (χ3n) is 2.11. The molecular weight excluding hydrogens is 283 g/mol. The molecule has 1 saturated heterocycles. The lowest BCUT2D eigenvalue weighted by Crippen LogP contribution is -2.18. The topological polar surface area (TPSA) is 16.1 Å². The Balaban J connectivity index is 1.94. The van der Waals surface area contributed by atoms with Crippen molar-refractivity contribution in [3.05, 3.63) is 14.1 Å². The Kier molecular flexibility index (Phi) is 2.98. The van der Waals surface area contributed by atoms with Gasteiger partial charge in [0.25, 0.3) is 0 Å². The fraction of sp³-hybridized carbons (Fsp3) is 0.625. The molecule has 12 heavy (non-hydrogen) atoms. The van der Waals surface area contributed by atoms with Crippen LogP contribution in [0.15, 0.2) is 5.38 Å². The van der Waals surface area contributed by atoms with Gasteiger partial charge in [-0.15, -0.1) is 11.3 Å². The maximum absolute atomic E-state index is 4.44. The summed E-state index contributed by atoms with van der Waals surface area (Å²) in [7, 11) is 0. The molecule has 2 nitrogen and oxygen atoms in total. The molecule has 0 unspecified atom stereocenters. The van der Waals surface area contributed by atoms with E-state index in [1.54, 1.807) is 11.3 Å². The Hall–Kier alpha value is 0.320. The van der Waals surface area contributed by atoms with E-state index in [0.29, 0.717) is 0 Å². The molecule has 0 amide bonds. The van der Waals surface area contributed by atoms with Gasteiger partial charge in [0.1, 0.15) is 0 Å². The highest BCUT2D eigenvalue weighted by Crippen LogP contribution is 2.16. The molecule has 0 N–H and O–H groups in total. The number of hydrogen-bond donors (Lipinski definition) is 0. The lowest BCUT2D eigenvalue weighted by Gasteiger charge is -2.11. The zero-order valence-electron chi connectivity index (χ0n) is 6.79. The van der Waals surface area contributed by atoms with Crippen LogP contribution in [0.4, 0.5) is 0 Å². The molecule has 66 valence electrons. The van der Waals surface area contributed by atoms with Crippen LogP contribution in [0.1, 0.15) is 18.5 Å². The molecule has 1 aliphatic heterocycles. The number of nitrogens with zero attached hydrogens (tertiary/aromatic N) is 2. The molecule has 0 spiro atoms. The monoisotopic (exact) mass is 294 g/mol. The van der Waals surface area contributed by atoms with Crippen molar-refractivity contribution in [3.63, 3.8) is 0 Å². The van der Waals surface area contributed by atoms with Crippen LogP contribution in [0.2, 0.25) is 0 Å². The molecule has 0 aliphatic carbocycles. The molecule has 0 atom stereocenters. The van der Waals surface area contributed by atoms with Crippen LogP contribution in [0.25, 0.3) is 0 Å². The minimum atomic E-state index is 1.06. The van der Waals surface area contributed by atoms with Crippen molar-refractivity contribution in [1.82, 2.24) is 9.88 Å². The first-order chi connectivity index (χ1) is 5.84. The first-order valence-electron chi connectivity index (χ1n) is 4.17. The Morgan fingerprint density at radius 2 is 2.25 bits per heavy atom. The van der Waals surface area contributed by atoms with Crippen molar-refractivity contribution in [2.75, 3.05) is 13.1 Å². The zero-order valence-corrected chi connectivity index (χ0v) is 9.77. The first kappa shape index (κ1) is 8.90. The number of thiazole rings is 1. The van der Waals surface area contributed by atoms with Crippen LogP contribution in [0, 0.1) is 3.01 Å². The number of halogens is 1. The molecule has 0 aromatic carbocycles. The molecule has 1 aromatic rings. The second-order valence-corrected chi connectivity index (χ2v) is 5.69. The lowest BCUT2D eigenvalue weighted by atomic mass is 10.4. The summed E-state index contributed by atoms with van der Waals surface area (Å²) in [5.74, 6) is 0. The summed E-state index contributed by atoms with van der Waals surface area (Å²) in [6.07, 6.45) is 2.72. The number of hydrogen-bond acceptors (Lipinski definition) is 3. The van der Waals surface area contributed by atoms with Crippen LogP contribution < -0.4 is 0 Å². The molecular formula is C8H11IN2S. The number of rotatable bonds is 2. The molecule has 1 aliphatic rings. The van der Waals surface area contributed by atoms with Crippen molar-refractivity contribution in [1.29, 1.82) is 0 Å².